The monoisotopic (exact) mass is 186 g/mol. The van der Waals surface area contributed by atoms with Gasteiger partial charge in [0.15, 0.2) is 0 Å². The third-order valence-corrected chi connectivity index (χ3v) is 0.944. The predicted octanol–water partition coefficient (Wildman–Crippen LogP) is 1.13. The Labute approximate surface area is 67.4 Å². The molecule has 0 fully saturated rings. The maximum atomic E-state index is 11.4. The molecule has 0 N–H and O–H groups in total. The highest BCUT2D eigenvalue weighted by Gasteiger charge is 2.27. The highest BCUT2D eigenvalue weighted by Crippen LogP contribution is 2.14. The van der Waals surface area contributed by atoms with Gasteiger partial charge < -0.3 is 9.47 Å². The molecular weight excluding hydrogens is 177 g/mol. The van der Waals surface area contributed by atoms with Crippen LogP contribution in [0.15, 0.2) is 0 Å². The molecule has 0 atom stereocenters. The van der Waals surface area contributed by atoms with Crippen LogP contribution in [-0.4, -0.2) is 32.5 Å². The van der Waals surface area contributed by atoms with Crippen molar-refractivity contribution in [3.8, 4) is 0 Å². The van der Waals surface area contributed by atoms with Crippen LogP contribution >= 0.6 is 0 Å². The Bertz CT molecular complexity index is 143. The molecule has 0 saturated heterocycles. The van der Waals surface area contributed by atoms with E-state index in [9.17, 15) is 18.0 Å². The molecule has 0 aromatic heterocycles. The molecule has 0 aliphatic carbocycles. The first-order chi connectivity index (χ1) is 5.45. The maximum absolute atomic E-state index is 11.4. The van der Waals surface area contributed by atoms with E-state index in [1.165, 1.54) is 0 Å². The van der Waals surface area contributed by atoms with Gasteiger partial charge in [-0.2, -0.15) is 13.2 Å². The number of hydrogen-bond acceptors (Lipinski definition) is 3. The summed E-state index contributed by atoms with van der Waals surface area (Å²) in [5.41, 5.74) is 0. The van der Waals surface area contributed by atoms with Gasteiger partial charge in [-0.1, -0.05) is 0 Å². The first-order valence-electron chi connectivity index (χ1n) is 3.17. The lowest BCUT2D eigenvalue weighted by Crippen LogP contribution is -2.18. The van der Waals surface area contributed by atoms with E-state index >= 15 is 0 Å². The molecule has 0 aromatic carbocycles. The van der Waals surface area contributed by atoms with Crippen molar-refractivity contribution in [2.75, 3.05) is 20.3 Å². The molecule has 0 saturated carbocycles. The quantitative estimate of drug-likeness (QED) is 0.487. The zero-order valence-corrected chi connectivity index (χ0v) is 6.48. The van der Waals surface area contributed by atoms with Crippen molar-refractivity contribution < 1.29 is 27.4 Å². The van der Waals surface area contributed by atoms with Crippen LogP contribution in [0, 0.1) is 0 Å². The first-order valence-corrected chi connectivity index (χ1v) is 3.17. The van der Waals surface area contributed by atoms with Crippen molar-refractivity contribution in [3.05, 3.63) is 0 Å². The summed E-state index contributed by atoms with van der Waals surface area (Å²) in [6, 6.07) is 0. The lowest BCUT2D eigenvalue weighted by Gasteiger charge is -2.06. The number of carbonyl (C=O) groups is 1. The van der Waals surface area contributed by atoms with E-state index in [4.69, 9.17) is 0 Å². The van der Waals surface area contributed by atoms with Gasteiger partial charge in [-0.15, -0.1) is 0 Å². The fourth-order valence-electron chi connectivity index (χ4n) is 0.445. The second-order valence-corrected chi connectivity index (χ2v) is 1.99. The predicted molar refractivity (Wildman–Crippen MR) is 33.5 cm³/mol. The molecule has 0 aliphatic rings. The van der Waals surface area contributed by atoms with Crippen LogP contribution in [0.4, 0.5) is 13.2 Å². The molecule has 0 unspecified atom stereocenters. The third kappa shape index (κ3) is 7.33. The molecule has 72 valence electrons. The lowest BCUT2D eigenvalue weighted by molar-refractivity contribution is -0.176. The summed E-state index contributed by atoms with van der Waals surface area (Å²) in [5.74, 6) is -0.586. The highest BCUT2D eigenvalue weighted by atomic mass is 19.4. The van der Waals surface area contributed by atoms with Crippen LogP contribution in [0.2, 0.25) is 0 Å². The van der Waals surface area contributed by atoms with Gasteiger partial charge in [-0.25, -0.2) is 0 Å². The molecule has 0 rings (SSSR count). The van der Waals surface area contributed by atoms with E-state index in [1.54, 1.807) is 0 Å². The van der Waals surface area contributed by atoms with Gasteiger partial charge >= 0.3 is 12.1 Å². The normalized spacial score (nSPS) is 11.3. The van der Waals surface area contributed by atoms with Crippen LogP contribution in [0.3, 0.4) is 0 Å². The second-order valence-electron chi connectivity index (χ2n) is 1.99. The number of methoxy groups -OCH3 is 1. The van der Waals surface area contributed by atoms with Crippen molar-refractivity contribution in [1.29, 1.82) is 0 Å². The number of carbonyl (C=O) groups excluding carboxylic acids is 1. The standard InChI is InChI=1S/C6H9F3O3/c1-11-5(10)2-3-12-4-6(7,8)9/h2-4H2,1H3. The largest absolute Gasteiger partial charge is 0.469 e. The molecule has 0 aromatic rings. The SMILES string of the molecule is COC(=O)CCOCC(F)(F)F. The van der Waals surface area contributed by atoms with Gasteiger partial charge in [0.2, 0.25) is 0 Å². The van der Waals surface area contributed by atoms with E-state index in [1.807, 2.05) is 0 Å². The second kappa shape index (κ2) is 4.97. The number of hydrogen-bond donors (Lipinski definition) is 0. The molecular formula is C6H9F3O3. The number of rotatable bonds is 4. The topological polar surface area (TPSA) is 35.5 Å². The number of halogens is 3. The summed E-state index contributed by atoms with van der Waals surface area (Å²) < 4.78 is 42.6. The molecule has 0 aliphatic heterocycles. The Hall–Kier alpha value is -0.780. The molecule has 0 amide bonds. The number of alkyl halides is 3. The van der Waals surface area contributed by atoms with E-state index in [0.717, 1.165) is 7.11 Å². The van der Waals surface area contributed by atoms with E-state index in [-0.39, 0.29) is 13.0 Å². The van der Waals surface area contributed by atoms with Crippen molar-refractivity contribution in [1.82, 2.24) is 0 Å². The summed E-state index contributed by atoms with van der Waals surface area (Å²) >= 11 is 0. The fraction of sp³-hybridized carbons (Fsp3) is 0.833. The minimum absolute atomic E-state index is 0.160. The zero-order valence-electron chi connectivity index (χ0n) is 6.48. The molecule has 0 radical (unpaired) electrons. The van der Waals surface area contributed by atoms with Crippen LogP contribution in [0.5, 0.6) is 0 Å². The lowest BCUT2D eigenvalue weighted by atomic mass is 10.5. The zero-order chi connectivity index (χ0) is 9.61. The minimum atomic E-state index is -4.34. The highest BCUT2D eigenvalue weighted by molar-refractivity contribution is 5.69. The number of ether oxygens (including phenoxy) is 2. The summed E-state index contributed by atoms with van der Waals surface area (Å²) in [4.78, 5) is 10.4. The summed E-state index contributed by atoms with van der Waals surface area (Å²) in [7, 11) is 1.16. The van der Waals surface area contributed by atoms with Gasteiger partial charge in [0.1, 0.15) is 6.61 Å². The Balaban J connectivity index is 3.28. The molecule has 0 bridgehead atoms. The summed E-state index contributed by atoms with van der Waals surface area (Å²) in [6.45, 7) is -1.60. The molecule has 0 heterocycles. The Kier molecular flexibility index (Phi) is 4.65. The molecule has 12 heavy (non-hydrogen) atoms. The van der Waals surface area contributed by atoms with E-state index in [2.05, 4.69) is 9.47 Å². The summed E-state index contributed by atoms with van der Waals surface area (Å²) in [6.07, 6.45) is -4.50. The van der Waals surface area contributed by atoms with Gasteiger partial charge in [0.25, 0.3) is 0 Å². The maximum Gasteiger partial charge on any atom is 0.411 e. The Morgan fingerprint density at radius 3 is 2.42 bits per heavy atom. The molecule has 6 heteroatoms. The van der Waals surface area contributed by atoms with Crippen LogP contribution in [0.1, 0.15) is 6.42 Å². The first kappa shape index (κ1) is 11.2. The van der Waals surface area contributed by atoms with Crippen molar-refractivity contribution in [3.63, 3.8) is 0 Å². The third-order valence-electron chi connectivity index (χ3n) is 0.944. The smallest absolute Gasteiger partial charge is 0.411 e. The van der Waals surface area contributed by atoms with Gasteiger partial charge in [-0.3, -0.25) is 4.79 Å². The van der Waals surface area contributed by atoms with Gasteiger partial charge in [-0.05, 0) is 0 Å². The summed E-state index contributed by atoms with van der Waals surface area (Å²) in [5, 5.41) is 0. The van der Waals surface area contributed by atoms with E-state index < -0.39 is 18.8 Å². The van der Waals surface area contributed by atoms with E-state index in [0.29, 0.717) is 0 Å². The Morgan fingerprint density at radius 1 is 1.42 bits per heavy atom. The Morgan fingerprint density at radius 2 is 2.00 bits per heavy atom. The van der Waals surface area contributed by atoms with Crippen LogP contribution in [0.25, 0.3) is 0 Å². The van der Waals surface area contributed by atoms with Gasteiger partial charge in [0, 0.05) is 0 Å². The van der Waals surface area contributed by atoms with Crippen molar-refractivity contribution in [2.24, 2.45) is 0 Å². The van der Waals surface area contributed by atoms with Crippen molar-refractivity contribution >= 4 is 5.97 Å². The fourth-order valence-corrected chi connectivity index (χ4v) is 0.445. The number of esters is 1. The minimum Gasteiger partial charge on any atom is -0.469 e. The van der Waals surface area contributed by atoms with Crippen LogP contribution in [-0.2, 0) is 14.3 Å². The van der Waals surface area contributed by atoms with Gasteiger partial charge in [0.05, 0.1) is 20.1 Å². The van der Waals surface area contributed by atoms with Crippen molar-refractivity contribution in [2.45, 2.75) is 12.6 Å². The molecule has 3 nitrogen and oxygen atoms in total. The van der Waals surface area contributed by atoms with Crippen LogP contribution < -0.4 is 0 Å². The average molecular weight is 186 g/mol. The average Bonchev–Trinajstić information content (AvgIpc) is 1.96. The molecule has 0 spiro atoms.